The molecular formula is C11H14N2O5. The molecule has 2 aliphatic rings. The maximum Gasteiger partial charge on any atom is 0.330 e. The lowest BCUT2D eigenvalue weighted by atomic mass is 9.96. The second-order valence-corrected chi connectivity index (χ2v) is 4.66. The van der Waals surface area contributed by atoms with E-state index >= 15 is 0 Å². The van der Waals surface area contributed by atoms with Crippen LogP contribution < -0.4 is 11.2 Å². The number of fused-ring (bicyclic) bond motifs is 2. The molecule has 0 amide bonds. The van der Waals surface area contributed by atoms with Crippen molar-refractivity contribution >= 4 is 0 Å². The van der Waals surface area contributed by atoms with E-state index in [-0.39, 0.29) is 0 Å². The van der Waals surface area contributed by atoms with Gasteiger partial charge in [-0.25, -0.2) is 4.79 Å². The van der Waals surface area contributed by atoms with Crippen molar-refractivity contribution in [2.24, 2.45) is 0 Å². The minimum Gasteiger partial charge on any atom is -0.387 e. The molecule has 1 unspecified atom stereocenters. The van der Waals surface area contributed by atoms with E-state index in [1.54, 1.807) is 0 Å². The van der Waals surface area contributed by atoms with Gasteiger partial charge in [-0.1, -0.05) is 6.92 Å². The summed E-state index contributed by atoms with van der Waals surface area (Å²) in [5.41, 5.74) is -1.78. The Morgan fingerprint density at radius 1 is 1.61 bits per heavy atom. The number of aliphatic hydroxyl groups excluding tert-OH is 1. The van der Waals surface area contributed by atoms with Gasteiger partial charge in [0, 0.05) is 12.3 Å². The molecule has 3 rings (SSSR count). The van der Waals surface area contributed by atoms with Crippen LogP contribution in [0.5, 0.6) is 0 Å². The average molecular weight is 254 g/mol. The Labute approximate surface area is 102 Å². The van der Waals surface area contributed by atoms with Crippen LogP contribution in [0.1, 0.15) is 19.6 Å². The van der Waals surface area contributed by atoms with Crippen LogP contribution in [0.15, 0.2) is 21.9 Å². The van der Waals surface area contributed by atoms with E-state index in [0.29, 0.717) is 13.0 Å². The van der Waals surface area contributed by atoms with Crippen molar-refractivity contribution in [2.75, 3.05) is 6.61 Å². The quantitative estimate of drug-likeness (QED) is 0.704. The van der Waals surface area contributed by atoms with E-state index in [0.717, 1.165) is 0 Å². The minimum atomic E-state index is -0.758. The van der Waals surface area contributed by atoms with Gasteiger partial charge in [-0.15, -0.1) is 0 Å². The van der Waals surface area contributed by atoms with Crippen molar-refractivity contribution in [3.8, 4) is 0 Å². The molecule has 2 saturated heterocycles. The molecule has 0 aliphatic carbocycles. The van der Waals surface area contributed by atoms with Crippen molar-refractivity contribution in [3.05, 3.63) is 33.1 Å². The maximum absolute atomic E-state index is 11.7. The standard InChI is InChI=1S/C11H14N2O5/c1-2-11-5-17-7(8(11)15)9(18-11)13-4-3-6(14)12-10(13)16/h3-4,7-9,15H,2,5H2,1H3,(H,12,14,16)/t7?,8-,9-,11+/m1/s1. The third-order valence-corrected chi connectivity index (χ3v) is 3.73. The molecule has 18 heavy (non-hydrogen) atoms. The molecule has 0 aromatic carbocycles. The average Bonchev–Trinajstić information content (AvgIpc) is 2.81. The SMILES string of the molecule is CC[C@@]12COC([C@H](n3ccc(=O)[nH]c3=O)O1)[C@H]2O. The highest BCUT2D eigenvalue weighted by Crippen LogP contribution is 2.45. The maximum atomic E-state index is 11.7. The van der Waals surface area contributed by atoms with Crippen LogP contribution in [-0.4, -0.2) is 39.1 Å². The number of rotatable bonds is 2. The molecule has 98 valence electrons. The summed E-state index contributed by atoms with van der Waals surface area (Å²) in [6, 6.07) is 1.24. The predicted octanol–water partition coefficient (Wildman–Crippen LogP) is -1.03. The Morgan fingerprint density at radius 2 is 2.39 bits per heavy atom. The topological polar surface area (TPSA) is 93.6 Å². The first-order chi connectivity index (χ1) is 8.57. The van der Waals surface area contributed by atoms with Crippen molar-refractivity contribution < 1.29 is 14.6 Å². The smallest absolute Gasteiger partial charge is 0.330 e. The van der Waals surface area contributed by atoms with Gasteiger partial charge in [0.25, 0.3) is 5.56 Å². The van der Waals surface area contributed by atoms with Gasteiger partial charge in [0.1, 0.15) is 17.8 Å². The summed E-state index contributed by atoms with van der Waals surface area (Å²) in [5.74, 6) is 0. The fourth-order valence-corrected chi connectivity index (χ4v) is 2.60. The zero-order chi connectivity index (χ0) is 12.9. The molecule has 2 aliphatic heterocycles. The third-order valence-electron chi connectivity index (χ3n) is 3.73. The normalized spacial score (nSPS) is 38.2. The van der Waals surface area contributed by atoms with Crippen LogP contribution in [0, 0.1) is 0 Å². The molecule has 2 bridgehead atoms. The molecule has 2 fully saturated rings. The van der Waals surface area contributed by atoms with Crippen molar-refractivity contribution in [1.29, 1.82) is 0 Å². The van der Waals surface area contributed by atoms with Gasteiger partial charge in [0.05, 0.1) is 6.61 Å². The van der Waals surface area contributed by atoms with Crippen LogP contribution in [0.2, 0.25) is 0 Å². The highest BCUT2D eigenvalue weighted by Gasteiger charge is 2.60. The van der Waals surface area contributed by atoms with Gasteiger partial charge < -0.3 is 14.6 Å². The van der Waals surface area contributed by atoms with E-state index in [1.165, 1.54) is 16.8 Å². The molecule has 3 heterocycles. The molecular weight excluding hydrogens is 240 g/mol. The number of nitrogens with zero attached hydrogens (tertiary/aromatic N) is 1. The summed E-state index contributed by atoms with van der Waals surface area (Å²) in [4.78, 5) is 24.9. The molecule has 0 saturated carbocycles. The summed E-state index contributed by atoms with van der Waals surface area (Å²) in [5, 5.41) is 10.1. The molecule has 1 aromatic rings. The minimum absolute atomic E-state index is 0.323. The largest absolute Gasteiger partial charge is 0.387 e. The fraction of sp³-hybridized carbons (Fsp3) is 0.636. The van der Waals surface area contributed by atoms with E-state index in [9.17, 15) is 14.7 Å². The molecule has 2 N–H and O–H groups in total. The highest BCUT2D eigenvalue weighted by atomic mass is 16.6. The second-order valence-electron chi connectivity index (χ2n) is 4.66. The van der Waals surface area contributed by atoms with Crippen molar-refractivity contribution in [1.82, 2.24) is 9.55 Å². The summed E-state index contributed by atoms with van der Waals surface area (Å²) in [6.07, 6.45) is -0.0800. The number of hydrogen-bond acceptors (Lipinski definition) is 5. The number of aromatic amines is 1. The summed E-state index contributed by atoms with van der Waals surface area (Å²) < 4.78 is 12.5. The Balaban J connectivity index is 2.01. The van der Waals surface area contributed by atoms with Crippen LogP contribution in [0.3, 0.4) is 0 Å². The number of hydrogen-bond donors (Lipinski definition) is 2. The first-order valence-electron chi connectivity index (χ1n) is 5.86. The van der Waals surface area contributed by atoms with Gasteiger partial charge >= 0.3 is 5.69 Å². The third kappa shape index (κ3) is 1.41. The van der Waals surface area contributed by atoms with Gasteiger partial charge in [0.2, 0.25) is 0 Å². The van der Waals surface area contributed by atoms with E-state index in [2.05, 4.69) is 4.98 Å². The number of ether oxygens (including phenoxy) is 2. The zero-order valence-electron chi connectivity index (χ0n) is 9.83. The lowest BCUT2D eigenvalue weighted by molar-refractivity contribution is -0.175. The summed E-state index contributed by atoms with van der Waals surface area (Å²) in [6.45, 7) is 2.22. The first kappa shape index (κ1) is 11.6. The fourth-order valence-electron chi connectivity index (χ4n) is 2.60. The molecule has 7 heteroatoms. The molecule has 7 nitrogen and oxygen atoms in total. The van der Waals surface area contributed by atoms with Crippen molar-refractivity contribution in [2.45, 2.75) is 37.4 Å². The Morgan fingerprint density at radius 3 is 3.00 bits per heavy atom. The lowest BCUT2D eigenvalue weighted by Crippen LogP contribution is -2.41. The molecule has 4 atom stereocenters. The van der Waals surface area contributed by atoms with E-state index in [4.69, 9.17) is 9.47 Å². The molecule has 0 radical (unpaired) electrons. The second kappa shape index (κ2) is 3.78. The Hall–Kier alpha value is -1.44. The van der Waals surface area contributed by atoms with Crippen LogP contribution in [0.4, 0.5) is 0 Å². The van der Waals surface area contributed by atoms with E-state index in [1.807, 2.05) is 6.92 Å². The highest BCUT2D eigenvalue weighted by molar-refractivity contribution is 5.06. The van der Waals surface area contributed by atoms with Gasteiger partial charge in [0.15, 0.2) is 6.23 Å². The molecule has 1 aromatic heterocycles. The monoisotopic (exact) mass is 254 g/mol. The summed E-state index contributed by atoms with van der Waals surface area (Å²) >= 11 is 0. The van der Waals surface area contributed by atoms with Gasteiger partial charge in [-0.3, -0.25) is 14.3 Å². The van der Waals surface area contributed by atoms with Crippen LogP contribution >= 0.6 is 0 Å². The first-order valence-corrected chi connectivity index (χ1v) is 5.86. The van der Waals surface area contributed by atoms with Crippen LogP contribution in [-0.2, 0) is 9.47 Å². The van der Waals surface area contributed by atoms with Gasteiger partial charge in [-0.2, -0.15) is 0 Å². The van der Waals surface area contributed by atoms with Crippen molar-refractivity contribution in [3.63, 3.8) is 0 Å². The number of aliphatic hydroxyl groups is 1. The lowest BCUT2D eigenvalue weighted by Gasteiger charge is -2.30. The Bertz CT molecular complexity index is 579. The number of H-pyrrole nitrogens is 1. The molecule has 0 spiro atoms. The van der Waals surface area contributed by atoms with Crippen LogP contribution in [0.25, 0.3) is 0 Å². The summed E-state index contributed by atoms with van der Waals surface area (Å²) in [7, 11) is 0. The number of aromatic nitrogens is 2. The zero-order valence-corrected chi connectivity index (χ0v) is 9.83. The Kier molecular flexibility index (Phi) is 2.44. The number of nitrogens with one attached hydrogen (secondary N) is 1. The van der Waals surface area contributed by atoms with E-state index < -0.39 is 35.3 Å². The predicted molar refractivity (Wildman–Crippen MR) is 60.2 cm³/mol. The van der Waals surface area contributed by atoms with Gasteiger partial charge in [-0.05, 0) is 6.42 Å².